The van der Waals surface area contributed by atoms with Gasteiger partial charge >= 0.3 is 5.69 Å². The van der Waals surface area contributed by atoms with E-state index in [0.717, 1.165) is 22.3 Å². The van der Waals surface area contributed by atoms with Gasteiger partial charge in [-0.3, -0.25) is 14.2 Å². The molecule has 0 aliphatic carbocycles. The lowest BCUT2D eigenvalue weighted by Gasteiger charge is -2.11. The molecule has 8 heteroatoms. The van der Waals surface area contributed by atoms with E-state index < -0.39 is 17.2 Å². The number of hydrogen-bond acceptors (Lipinski definition) is 5. The number of aromatic nitrogens is 2. The van der Waals surface area contributed by atoms with Gasteiger partial charge in [-0.2, -0.15) is 0 Å². The van der Waals surface area contributed by atoms with E-state index in [4.69, 9.17) is 4.74 Å². The third-order valence-electron chi connectivity index (χ3n) is 3.71. The van der Waals surface area contributed by atoms with Crippen molar-refractivity contribution in [1.82, 2.24) is 14.9 Å². The maximum atomic E-state index is 12.4. The predicted molar refractivity (Wildman–Crippen MR) is 86.1 cm³/mol. The monoisotopic (exact) mass is 335 g/mol. The molecule has 3 rings (SSSR count). The molecule has 0 spiro atoms. The van der Waals surface area contributed by atoms with Crippen LogP contribution in [-0.2, 0) is 11.3 Å². The highest BCUT2D eigenvalue weighted by Gasteiger charge is 2.19. The number of H-pyrrole nitrogens is 1. The van der Waals surface area contributed by atoms with Crippen molar-refractivity contribution in [3.05, 3.63) is 55.0 Å². The first-order valence-corrected chi connectivity index (χ1v) is 8.28. The molecule has 2 N–H and O–H groups in total. The van der Waals surface area contributed by atoms with Gasteiger partial charge in [-0.1, -0.05) is 6.07 Å². The van der Waals surface area contributed by atoms with Crippen molar-refractivity contribution in [2.75, 3.05) is 13.2 Å². The third kappa shape index (κ3) is 3.59. The highest BCUT2D eigenvalue weighted by Crippen LogP contribution is 2.11. The summed E-state index contributed by atoms with van der Waals surface area (Å²) in [4.78, 5) is 39.8. The standard InChI is InChI=1S/C15H17N3O4S/c19-13(16-7-10-3-1-5-22-10)12-8-17-15(21)18(14(12)20)9-11-4-2-6-23-11/h2,4,6,8,10H,1,3,5,7,9H2,(H,16,19)(H,17,21). The first-order valence-electron chi connectivity index (χ1n) is 7.40. The summed E-state index contributed by atoms with van der Waals surface area (Å²) in [5, 5.41) is 4.56. The Bertz CT molecular complexity index is 788. The zero-order chi connectivity index (χ0) is 16.2. The Balaban J connectivity index is 1.78. The smallest absolute Gasteiger partial charge is 0.328 e. The van der Waals surface area contributed by atoms with Crippen LogP contribution < -0.4 is 16.6 Å². The summed E-state index contributed by atoms with van der Waals surface area (Å²) in [6.45, 7) is 1.22. The second kappa shape index (κ2) is 6.93. The van der Waals surface area contributed by atoms with E-state index in [1.165, 1.54) is 17.5 Å². The van der Waals surface area contributed by atoms with E-state index >= 15 is 0 Å². The van der Waals surface area contributed by atoms with Crippen LogP contribution in [0.3, 0.4) is 0 Å². The Hall–Kier alpha value is -2.19. The molecule has 1 aliphatic heterocycles. The van der Waals surface area contributed by atoms with Crippen LogP contribution >= 0.6 is 11.3 Å². The van der Waals surface area contributed by atoms with Crippen LogP contribution in [0.5, 0.6) is 0 Å². The predicted octanol–water partition coefficient (Wildman–Crippen LogP) is 0.555. The minimum atomic E-state index is -0.591. The number of ether oxygens (including phenoxy) is 1. The number of aromatic amines is 1. The quantitative estimate of drug-likeness (QED) is 0.835. The molecular formula is C15H17N3O4S. The number of amides is 1. The topological polar surface area (TPSA) is 93.2 Å². The van der Waals surface area contributed by atoms with Crippen LogP contribution in [0.4, 0.5) is 0 Å². The van der Waals surface area contributed by atoms with Gasteiger partial charge in [-0.05, 0) is 24.3 Å². The van der Waals surface area contributed by atoms with E-state index in [0.29, 0.717) is 13.2 Å². The first kappa shape index (κ1) is 15.7. The summed E-state index contributed by atoms with van der Waals surface area (Å²) in [5.74, 6) is -0.498. The Morgan fingerprint density at radius 2 is 2.35 bits per heavy atom. The van der Waals surface area contributed by atoms with Gasteiger partial charge in [0.1, 0.15) is 5.56 Å². The SMILES string of the molecule is O=C(NCC1CCCO1)c1c[nH]c(=O)n(Cc2cccs2)c1=O. The molecule has 23 heavy (non-hydrogen) atoms. The lowest BCUT2D eigenvalue weighted by Crippen LogP contribution is -2.42. The maximum absolute atomic E-state index is 12.4. The molecular weight excluding hydrogens is 318 g/mol. The number of thiophene rings is 1. The van der Waals surface area contributed by atoms with Gasteiger partial charge in [-0.25, -0.2) is 4.79 Å². The first-order chi connectivity index (χ1) is 11.1. The van der Waals surface area contributed by atoms with Crippen molar-refractivity contribution in [2.45, 2.75) is 25.5 Å². The Morgan fingerprint density at radius 1 is 1.48 bits per heavy atom. The Morgan fingerprint density at radius 3 is 3.04 bits per heavy atom. The molecule has 3 heterocycles. The van der Waals surface area contributed by atoms with Gasteiger partial charge in [-0.15, -0.1) is 11.3 Å². The van der Waals surface area contributed by atoms with E-state index in [9.17, 15) is 14.4 Å². The number of hydrogen-bond donors (Lipinski definition) is 2. The van der Waals surface area contributed by atoms with Crippen LogP contribution in [0.2, 0.25) is 0 Å². The average Bonchev–Trinajstić information content (AvgIpc) is 3.22. The summed E-state index contributed by atoms with van der Waals surface area (Å²) in [6, 6.07) is 3.68. The second-order valence-electron chi connectivity index (χ2n) is 5.32. The minimum absolute atomic E-state index is 0.00458. The Kier molecular flexibility index (Phi) is 4.73. The van der Waals surface area contributed by atoms with E-state index in [-0.39, 0.29) is 18.2 Å². The molecule has 0 bridgehead atoms. The third-order valence-corrected chi connectivity index (χ3v) is 4.57. The normalized spacial score (nSPS) is 17.3. The molecule has 7 nitrogen and oxygen atoms in total. The average molecular weight is 335 g/mol. The van der Waals surface area contributed by atoms with Crippen molar-refractivity contribution in [2.24, 2.45) is 0 Å². The van der Waals surface area contributed by atoms with Gasteiger partial charge in [0.05, 0.1) is 12.6 Å². The molecule has 1 aliphatic rings. The van der Waals surface area contributed by atoms with Crippen LogP contribution in [0.1, 0.15) is 28.1 Å². The van der Waals surface area contributed by atoms with E-state index in [1.807, 2.05) is 17.5 Å². The Labute approximate surface area is 135 Å². The van der Waals surface area contributed by atoms with Crippen LogP contribution in [0.15, 0.2) is 33.3 Å². The van der Waals surface area contributed by atoms with Gasteiger partial charge in [0, 0.05) is 24.2 Å². The molecule has 1 fully saturated rings. The molecule has 1 unspecified atom stereocenters. The molecule has 1 saturated heterocycles. The summed E-state index contributed by atoms with van der Waals surface area (Å²) in [5.41, 5.74) is -1.19. The number of carbonyl (C=O) groups is 1. The van der Waals surface area contributed by atoms with Crippen LogP contribution in [0, 0.1) is 0 Å². The van der Waals surface area contributed by atoms with Crippen LogP contribution in [0.25, 0.3) is 0 Å². The fourth-order valence-electron chi connectivity index (χ4n) is 2.48. The maximum Gasteiger partial charge on any atom is 0.328 e. The molecule has 2 aromatic heterocycles. The zero-order valence-corrected chi connectivity index (χ0v) is 13.2. The summed E-state index contributed by atoms with van der Waals surface area (Å²) in [7, 11) is 0. The largest absolute Gasteiger partial charge is 0.376 e. The molecule has 1 atom stereocenters. The van der Waals surface area contributed by atoms with Crippen molar-refractivity contribution in [1.29, 1.82) is 0 Å². The highest BCUT2D eigenvalue weighted by atomic mass is 32.1. The molecule has 122 valence electrons. The van der Waals surface area contributed by atoms with Crippen molar-refractivity contribution in [3.8, 4) is 0 Å². The number of nitrogens with one attached hydrogen (secondary N) is 2. The van der Waals surface area contributed by atoms with E-state index in [1.54, 1.807) is 0 Å². The van der Waals surface area contributed by atoms with Gasteiger partial charge in [0.15, 0.2) is 0 Å². The number of rotatable bonds is 5. The van der Waals surface area contributed by atoms with Crippen molar-refractivity contribution in [3.63, 3.8) is 0 Å². The summed E-state index contributed by atoms with van der Waals surface area (Å²) < 4.78 is 6.46. The minimum Gasteiger partial charge on any atom is -0.376 e. The van der Waals surface area contributed by atoms with Gasteiger partial charge < -0.3 is 15.0 Å². The fourth-order valence-corrected chi connectivity index (χ4v) is 3.18. The zero-order valence-electron chi connectivity index (χ0n) is 12.4. The summed E-state index contributed by atoms with van der Waals surface area (Å²) >= 11 is 1.45. The molecule has 0 radical (unpaired) electrons. The van der Waals surface area contributed by atoms with Crippen LogP contribution in [-0.4, -0.2) is 34.7 Å². The molecule has 0 saturated carbocycles. The second-order valence-corrected chi connectivity index (χ2v) is 6.36. The highest BCUT2D eigenvalue weighted by molar-refractivity contribution is 7.09. The number of nitrogens with zero attached hydrogens (tertiary/aromatic N) is 1. The van der Waals surface area contributed by atoms with Crippen molar-refractivity contribution >= 4 is 17.2 Å². The summed E-state index contributed by atoms with van der Waals surface area (Å²) in [6.07, 6.45) is 3.04. The van der Waals surface area contributed by atoms with Crippen molar-refractivity contribution < 1.29 is 9.53 Å². The lowest BCUT2D eigenvalue weighted by atomic mass is 10.2. The fraction of sp³-hybridized carbons (Fsp3) is 0.400. The van der Waals surface area contributed by atoms with Gasteiger partial charge in [0.25, 0.3) is 11.5 Å². The number of carbonyl (C=O) groups excluding carboxylic acids is 1. The van der Waals surface area contributed by atoms with E-state index in [2.05, 4.69) is 10.3 Å². The lowest BCUT2D eigenvalue weighted by molar-refractivity contribution is 0.0855. The molecule has 1 amide bonds. The van der Waals surface area contributed by atoms with Gasteiger partial charge in [0.2, 0.25) is 0 Å². The molecule has 2 aromatic rings. The molecule has 0 aromatic carbocycles.